The molecule has 0 saturated heterocycles. The predicted molar refractivity (Wildman–Crippen MR) is 147 cm³/mol. The summed E-state index contributed by atoms with van der Waals surface area (Å²) in [5, 5.41) is 5.95. The molecule has 1 heterocycles. The molecule has 1 aliphatic rings. The van der Waals surface area contributed by atoms with E-state index in [4.69, 9.17) is 27.9 Å². The van der Waals surface area contributed by atoms with Crippen LogP contribution in [0.15, 0.2) is 77.5 Å². The number of amides is 3. The van der Waals surface area contributed by atoms with Crippen molar-refractivity contribution in [1.82, 2.24) is 0 Å². The van der Waals surface area contributed by atoms with Gasteiger partial charge in [0.25, 0.3) is 17.7 Å². The van der Waals surface area contributed by atoms with Crippen LogP contribution < -0.4 is 15.5 Å². The Balaban J connectivity index is 1.50. The average molecular weight is 552 g/mol. The zero-order chi connectivity index (χ0) is 27.6. The Bertz CT molecular complexity index is 1480. The number of carbonyl (C=O) groups is 4. The Labute approximate surface area is 229 Å². The van der Waals surface area contributed by atoms with Crippen LogP contribution in [0.5, 0.6) is 0 Å². The summed E-state index contributed by atoms with van der Waals surface area (Å²) in [5.74, 6) is -2.28. The van der Waals surface area contributed by atoms with Crippen molar-refractivity contribution in [2.75, 3.05) is 15.5 Å². The van der Waals surface area contributed by atoms with E-state index in [-0.39, 0.29) is 34.0 Å². The number of imide groups is 1. The van der Waals surface area contributed by atoms with E-state index in [1.807, 2.05) is 6.92 Å². The van der Waals surface area contributed by atoms with Crippen molar-refractivity contribution in [2.24, 2.45) is 0 Å². The lowest BCUT2D eigenvalue weighted by Crippen LogP contribution is -2.32. The van der Waals surface area contributed by atoms with Gasteiger partial charge < -0.3 is 15.4 Å². The second-order valence-electron chi connectivity index (χ2n) is 8.75. The van der Waals surface area contributed by atoms with Gasteiger partial charge in [-0.05, 0) is 87.0 Å². The summed E-state index contributed by atoms with van der Waals surface area (Å²) in [5.41, 5.74) is 2.50. The number of benzene rings is 3. The molecule has 0 unspecified atom stereocenters. The molecule has 0 radical (unpaired) electrons. The summed E-state index contributed by atoms with van der Waals surface area (Å²) in [7, 11) is 0. The van der Waals surface area contributed by atoms with Gasteiger partial charge in [-0.15, -0.1) is 0 Å². The van der Waals surface area contributed by atoms with Gasteiger partial charge in [0.15, 0.2) is 0 Å². The number of halogens is 2. The quantitative estimate of drug-likeness (QED) is 0.279. The van der Waals surface area contributed by atoms with Gasteiger partial charge >= 0.3 is 5.97 Å². The van der Waals surface area contributed by atoms with E-state index < -0.39 is 17.8 Å². The Morgan fingerprint density at radius 3 is 2.26 bits per heavy atom. The fourth-order valence-corrected chi connectivity index (χ4v) is 4.16. The fourth-order valence-electron chi connectivity index (χ4n) is 3.72. The van der Waals surface area contributed by atoms with Crippen molar-refractivity contribution in [3.8, 4) is 0 Å². The maximum atomic E-state index is 13.1. The summed E-state index contributed by atoms with van der Waals surface area (Å²) in [4.78, 5) is 51.8. The lowest BCUT2D eigenvalue weighted by Gasteiger charge is -2.16. The van der Waals surface area contributed by atoms with E-state index in [2.05, 4.69) is 10.6 Å². The Kier molecular flexibility index (Phi) is 7.85. The molecule has 3 aromatic rings. The minimum Gasteiger partial charge on any atom is -0.459 e. The number of nitrogens with one attached hydrogen (secondary N) is 2. The van der Waals surface area contributed by atoms with Crippen LogP contribution in [0.1, 0.15) is 40.1 Å². The minimum atomic E-state index is -0.719. The average Bonchev–Trinajstić information content (AvgIpc) is 3.08. The third kappa shape index (κ3) is 5.72. The van der Waals surface area contributed by atoms with Crippen LogP contribution in [0.2, 0.25) is 5.02 Å². The van der Waals surface area contributed by atoms with E-state index in [1.54, 1.807) is 50.2 Å². The molecule has 0 aliphatic carbocycles. The summed E-state index contributed by atoms with van der Waals surface area (Å²) in [6.45, 7) is 5.30. The van der Waals surface area contributed by atoms with Crippen molar-refractivity contribution in [1.29, 1.82) is 0 Å². The zero-order valence-electron chi connectivity index (χ0n) is 20.7. The summed E-state index contributed by atoms with van der Waals surface area (Å²) < 4.78 is 5.15. The second-order valence-corrected chi connectivity index (χ2v) is 9.57. The number of ether oxygens (including phenoxy) is 1. The first-order valence-electron chi connectivity index (χ1n) is 11.6. The van der Waals surface area contributed by atoms with Gasteiger partial charge in [0.2, 0.25) is 0 Å². The Morgan fingerprint density at radius 2 is 1.61 bits per heavy atom. The highest BCUT2D eigenvalue weighted by Gasteiger charge is 2.39. The van der Waals surface area contributed by atoms with Gasteiger partial charge in [-0.1, -0.05) is 29.3 Å². The molecule has 0 spiro atoms. The van der Waals surface area contributed by atoms with Crippen LogP contribution in [-0.4, -0.2) is 29.8 Å². The standard InChI is InChI=1S/C28H23Cl2N3O5/c1-15(2)38-28(37)17-7-10-21(11-8-17)33-26(35)23(30)24(27(33)36)31-20-6-4-5-18(14-20)25(34)32-22-12-9-19(29)13-16(22)3/h4-15,31H,1-3H3,(H,32,34). The molecule has 3 aromatic carbocycles. The molecule has 0 aromatic heterocycles. The van der Waals surface area contributed by atoms with E-state index in [0.717, 1.165) is 10.5 Å². The van der Waals surface area contributed by atoms with Crippen LogP contribution in [-0.2, 0) is 14.3 Å². The third-order valence-corrected chi connectivity index (χ3v) is 6.15. The van der Waals surface area contributed by atoms with Gasteiger partial charge in [-0.2, -0.15) is 0 Å². The van der Waals surface area contributed by atoms with Crippen LogP contribution in [0.25, 0.3) is 0 Å². The van der Waals surface area contributed by atoms with Crippen LogP contribution in [0.4, 0.5) is 17.1 Å². The van der Waals surface area contributed by atoms with Crippen molar-refractivity contribution >= 4 is 64.0 Å². The van der Waals surface area contributed by atoms with E-state index >= 15 is 0 Å². The molecular formula is C28H23Cl2N3O5. The molecule has 3 amide bonds. The SMILES string of the molecule is Cc1cc(Cl)ccc1NC(=O)c1cccc(NC2=C(Cl)C(=O)N(c3ccc(C(=O)OC(C)C)cc3)C2=O)c1. The van der Waals surface area contributed by atoms with Gasteiger partial charge in [0.1, 0.15) is 10.7 Å². The highest BCUT2D eigenvalue weighted by molar-refractivity contribution is 6.53. The van der Waals surface area contributed by atoms with Crippen molar-refractivity contribution in [3.63, 3.8) is 0 Å². The largest absolute Gasteiger partial charge is 0.459 e. The summed E-state index contributed by atoms with van der Waals surface area (Å²) >= 11 is 12.2. The number of hydrogen-bond acceptors (Lipinski definition) is 6. The molecule has 8 nitrogen and oxygen atoms in total. The van der Waals surface area contributed by atoms with Crippen molar-refractivity contribution in [3.05, 3.63) is 99.2 Å². The smallest absolute Gasteiger partial charge is 0.338 e. The molecule has 0 fully saturated rings. The van der Waals surface area contributed by atoms with Crippen molar-refractivity contribution < 1.29 is 23.9 Å². The predicted octanol–water partition coefficient (Wildman–Crippen LogP) is 5.90. The highest BCUT2D eigenvalue weighted by Crippen LogP contribution is 2.31. The second kappa shape index (κ2) is 11.1. The lowest BCUT2D eigenvalue weighted by atomic mass is 10.1. The van der Waals surface area contributed by atoms with E-state index in [1.165, 1.54) is 30.3 Å². The molecular weight excluding hydrogens is 529 g/mol. The third-order valence-electron chi connectivity index (χ3n) is 5.56. The minimum absolute atomic E-state index is 0.133. The number of hydrogen-bond donors (Lipinski definition) is 2. The highest BCUT2D eigenvalue weighted by atomic mass is 35.5. The number of esters is 1. The maximum absolute atomic E-state index is 13.1. The first kappa shape index (κ1) is 26.9. The molecule has 0 atom stereocenters. The van der Waals surface area contributed by atoms with Crippen LogP contribution in [0.3, 0.4) is 0 Å². The fraction of sp³-hybridized carbons (Fsp3) is 0.143. The maximum Gasteiger partial charge on any atom is 0.338 e. The van der Waals surface area contributed by atoms with Crippen LogP contribution in [0, 0.1) is 6.92 Å². The molecule has 1 aliphatic heterocycles. The molecule has 194 valence electrons. The van der Waals surface area contributed by atoms with Gasteiger partial charge in [-0.3, -0.25) is 14.4 Å². The number of rotatable bonds is 7. The van der Waals surface area contributed by atoms with Crippen LogP contribution >= 0.6 is 23.2 Å². The number of carbonyl (C=O) groups excluding carboxylic acids is 4. The topological polar surface area (TPSA) is 105 Å². The summed E-state index contributed by atoms with van der Waals surface area (Å²) in [6, 6.07) is 17.4. The van der Waals surface area contributed by atoms with Gasteiger partial charge in [-0.25, -0.2) is 9.69 Å². The molecule has 4 rings (SSSR count). The normalized spacial score (nSPS) is 13.3. The first-order valence-corrected chi connectivity index (χ1v) is 12.3. The molecule has 38 heavy (non-hydrogen) atoms. The number of anilines is 3. The zero-order valence-corrected chi connectivity index (χ0v) is 22.2. The lowest BCUT2D eigenvalue weighted by molar-refractivity contribution is -0.120. The Morgan fingerprint density at radius 1 is 0.895 bits per heavy atom. The molecule has 0 saturated carbocycles. The van der Waals surface area contributed by atoms with E-state index in [0.29, 0.717) is 22.0 Å². The van der Waals surface area contributed by atoms with Crippen molar-refractivity contribution in [2.45, 2.75) is 26.9 Å². The monoisotopic (exact) mass is 551 g/mol. The van der Waals surface area contributed by atoms with Gasteiger partial charge in [0.05, 0.1) is 17.4 Å². The van der Waals surface area contributed by atoms with Gasteiger partial charge in [0, 0.05) is 22.0 Å². The first-order chi connectivity index (χ1) is 18.0. The molecule has 2 N–H and O–H groups in total. The Hall–Kier alpha value is -4.14. The molecule has 10 heteroatoms. The molecule has 0 bridgehead atoms. The number of aryl methyl sites for hydroxylation is 1. The number of nitrogens with zero attached hydrogens (tertiary/aromatic N) is 1. The summed E-state index contributed by atoms with van der Waals surface area (Å²) in [6.07, 6.45) is -0.285. The van der Waals surface area contributed by atoms with E-state index in [9.17, 15) is 19.2 Å².